The molecule has 0 aliphatic heterocycles. The zero-order chi connectivity index (χ0) is 22.7. The zero-order valence-electron chi connectivity index (χ0n) is 18.3. The Balaban J connectivity index is 1.24. The Labute approximate surface area is 188 Å². The lowest BCUT2D eigenvalue weighted by Gasteiger charge is -2.09. The number of anilines is 3. The van der Waals surface area contributed by atoms with Crippen molar-refractivity contribution in [3.63, 3.8) is 0 Å². The monoisotopic (exact) mass is 445 g/mol. The molecule has 2 aliphatic carbocycles. The van der Waals surface area contributed by atoms with E-state index >= 15 is 0 Å². The second-order valence-corrected chi connectivity index (χ2v) is 9.08. The van der Waals surface area contributed by atoms with Crippen molar-refractivity contribution in [1.82, 2.24) is 29.9 Å². The number of amides is 2. The summed E-state index contributed by atoms with van der Waals surface area (Å²) in [7, 11) is 0. The van der Waals surface area contributed by atoms with Gasteiger partial charge in [0.25, 0.3) is 0 Å². The Hall–Kier alpha value is -4.02. The fraction of sp³-hybridized carbons (Fsp3) is 0.364. The number of carbonyl (C=O) groups is 1. The maximum atomic E-state index is 12.5. The largest absolute Gasteiger partial charge is 0.383 e. The van der Waals surface area contributed by atoms with Crippen molar-refractivity contribution < 1.29 is 9.32 Å². The van der Waals surface area contributed by atoms with E-state index in [9.17, 15) is 4.79 Å². The highest BCUT2D eigenvalue weighted by Crippen LogP contribution is 2.47. The Morgan fingerprint density at radius 1 is 1.21 bits per heavy atom. The minimum Gasteiger partial charge on any atom is -0.383 e. The first-order valence-electron chi connectivity index (χ1n) is 10.9. The van der Waals surface area contributed by atoms with Crippen LogP contribution in [0.1, 0.15) is 49.9 Å². The highest BCUT2D eigenvalue weighted by Gasteiger charge is 2.42. The number of pyridine rings is 1. The fourth-order valence-corrected chi connectivity index (χ4v) is 3.89. The number of nitrogens with zero attached hydrogens (tertiary/aromatic N) is 6. The molecular weight excluding hydrogens is 422 g/mol. The third-order valence-corrected chi connectivity index (χ3v) is 6.38. The summed E-state index contributed by atoms with van der Waals surface area (Å²) >= 11 is 0. The zero-order valence-corrected chi connectivity index (χ0v) is 18.3. The molecule has 2 saturated carbocycles. The molecule has 0 radical (unpaired) electrons. The summed E-state index contributed by atoms with van der Waals surface area (Å²) in [6, 6.07) is 3.54. The second-order valence-electron chi connectivity index (χ2n) is 9.08. The molecule has 6 rings (SSSR count). The molecule has 2 aliphatic rings. The van der Waals surface area contributed by atoms with Crippen molar-refractivity contribution in [2.45, 2.75) is 51.0 Å². The molecule has 11 heteroatoms. The number of hydrogen-bond acceptors (Lipinski definition) is 8. The molecule has 33 heavy (non-hydrogen) atoms. The lowest BCUT2D eigenvalue weighted by Crippen LogP contribution is -2.19. The molecule has 0 unspecified atom stereocenters. The molecule has 0 bridgehead atoms. The summed E-state index contributed by atoms with van der Waals surface area (Å²) in [5.41, 5.74) is 10.5. The standard InChI is InChI=1S/C22H23N9O2/c1-11-7-13(18-17-19(23)25-10-26-20(17)31(29-18)12-3-4-12)24-9-14(11)27-21(32)28-16-8-15(30-33-16)22(2)5-6-22/h7-10,12H,3-6H2,1-2H3,(H2,23,25,26)(H2,27,28,32). The predicted octanol–water partition coefficient (Wildman–Crippen LogP) is 3.80. The Morgan fingerprint density at radius 2 is 2.03 bits per heavy atom. The number of aromatic nitrogens is 6. The Morgan fingerprint density at radius 3 is 2.76 bits per heavy atom. The number of rotatable bonds is 5. The summed E-state index contributed by atoms with van der Waals surface area (Å²) in [4.78, 5) is 25.5. The van der Waals surface area contributed by atoms with Gasteiger partial charge in [-0.2, -0.15) is 5.10 Å². The van der Waals surface area contributed by atoms with Crippen molar-refractivity contribution in [1.29, 1.82) is 0 Å². The minimum atomic E-state index is -0.433. The van der Waals surface area contributed by atoms with Gasteiger partial charge in [0.05, 0.1) is 34.7 Å². The molecule has 4 aromatic heterocycles. The Kier molecular flexibility index (Phi) is 4.16. The van der Waals surface area contributed by atoms with Crippen molar-refractivity contribution in [2.24, 2.45) is 0 Å². The van der Waals surface area contributed by atoms with E-state index in [4.69, 9.17) is 15.4 Å². The number of nitrogen functional groups attached to an aromatic ring is 1. The van der Waals surface area contributed by atoms with E-state index in [1.807, 2.05) is 17.7 Å². The minimum absolute atomic E-state index is 0.0708. The summed E-state index contributed by atoms with van der Waals surface area (Å²) in [5, 5.41) is 15.0. The van der Waals surface area contributed by atoms with Crippen LogP contribution >= 0.6 is 0 Å². The van der Waals surface area contributed by atoms with Crippen molar-refractivity contribution >= 4 is 34.5 Å². The fourth-order valence-electron chi connectivity index (χ4n) is 3.89. The summed E-state index contributed by atoms with van der Waals surface area (Å²) < 4.78 is 7.16. The molecule has 168 valence electrons. The van der Waals surface area contributed by atoms with E-state index in [1.165, 1.54) is 6.33 Å². The second kappa shape index (κ2) is 6.99. The van der Waals surface area contributed by atoms with Crippen LogP contribution in [0.4, 0.5) is 22.2 Å². The first-order valence-corrected chi connectivity index (χ1v) is 10.9. The number of aryl methyl sites for hydroxylation is 1. The van der Waals surface area contributed by atoms with E-state index in [-0.39, 0.29) is 5.41 Å². The van der Waals surface area contributed by atoms with E-state index < -0.39 is 6.03 Å². The lowest BCUT2D eigenvalue weighted by molar-refractivity contribution is 0.261. The average Bonchev–Trinajstić information content (AvgIpc) is 3.68. The van der Waals surface area contributed by atoms with Gasteiger partial charge in [-0.05, 0) is 44.2 Å². The van der Waals surface area contributed by atoms with Gasteiger partial charge in [0.1, 0.15) is 17.8 Å². The SMILES string of the molecule is Cc1cc(-c2nn(C3CC3)c3ncnc(N)c23)ncc1NC(=O)Nc1cc(C2(C)CC2)no1. The number of nitrogens with two attached hydrogens (primary N) is 1. The van der Waals surface area contributed by atoms with Crippen LogP contribution in [0.25, 0.3) is 22.4 Å². The van der Waals surface area contributed by atoms with E-state index in [1.54, 1.807) is 12.3 Å². The molecule has 2 fully saturated rings. The summed E-state index contributed by atoms with van der Waals surface area (Å²) in [6.07, 6.45) is 7.34. The molecule has 2 amide bonds. The van der Waals surface area contributed by atoms with Gasteiger partial charge in [-0.1, -0.05) is 12.1 Å². The molecule has 0 aromatic carbocycles. The number of fused-ring (bicyclic) bond motifs is 1. The highest BCUT2D eigenvalue weighted by atomic mass is 16.5. The summed E-state index contributed by atoms with van der Waals surface area (Å²) in [6.45, 7) is 4.02. The van der Waals surface area contributed by atoms with Gasteiger partial charge >= 0.3 is 6.03 Å². The van der Waals surface area contributed by atoms with E-state index in [0.29, 0.717) is 45.9 Å². The van der Waals surface area contributed by atoms with Crippen molar-refractivity contribution in [3.8, 4) is 11.4 Å². The van der Waals surface area contributed by atoms with Crippen LogP contribution in [-0.4, -0.2) is 35.9 Å². The maximum Gasteiger partial charge on any atom is 0.326 e. The van der Waals surface area contributed by atoms with Crippen molar-refractivity contribution in [3.05, 3.63) is 35.9 Å². The molecule has 11 nitrogen and oxygen atoms in total. The van der Waals surface area contributed by atoms with Crippen molar-refractivity contribution in [2.75, 3.05) is 16.4 Å². The normalized spacial score (nSPS) is 16.7. The number of nitrogens with one attached hydrogen (secondary N) is 2. The number of urea groups is 1. The van der Waals surface area contributed by atoms with E-state index in [0.717, 1.165) is 36.9 Å². The van der Waals surface area contributed by atoms with Crippen LogP contribution in [0.2, 0.25) is 0 Å². The molecule has 0 saturated heterocycles. The summed E-state index contributed by atoms with van der Waals surface area (Å²) in [5.74, 6) is 0.680. The number of hydrogen-bond donors (Lipinski definition) is 3. The third-order valence-electron chi connectivity index (χ3n) is 6.38. The van der Waals surface area contributed by atoms with Crippen LogP contribution in [-0.2, 0) is 5.41 Å². The lowest BCUT2D eigenvalue weighted by atomic mass is 10.1. The van der Waals surface area contributed by atoms with Crippen LogP contribution in [0.5, 0.6) is 0 Å². The molecule has 4 heterocycles. The Bertz CT molecular complexity index is 1400. The van der Waals surface area contributed by atoms with Gasteiger partial charge in [0.15, 0.2) is 5.65 Å². The van der Waals surface area contributed by atoms with Crippen LogP contribution in [0.3, 0.4) is 0 Å². The highest BCUT2D eigenvalue weighted by molar-refractivity contribution is 6.00. The third kappa shape index (κ3) is 3.45. The molecule has 0 atom stereocenters. The van der Waals surface area contributed by atoms with Crippen LogP contribution in [0, 0.1) is 6.92 Å². The van der Waals surface area contributed by atoms with Gasteiger partial charge in [0.2, 0.25) is 5.88 Å². The first-order chi connectivity index (χ1) is 15.9. The molecule has 4 N–H and O–H groups in total. The van der Waals surface area contributed by atoms with Gasteiger partial charge in [-0.25, -0.2) is 19.4 Å². The van der Waals surface area contributed by atoms with Crippen LogP contribution in [0.15, 0.2) is 29.2 Å². The topological polar surface area (TPSA) is 150 Å². The smallest absolute Gasteiger partial charge is 0.326 e. The quantitative estimate of drug-likeness (QED) is 0.420. The van der Waals surface area contributed by atoms with Gasteiger partial charge in [-0.15, -0.1) is 0 Å². The van der Waals surface area contributed by atoms with Crippen LogP contribution < -0.4 is 16.4 Å². The molecule has 0 spiro atoms. The van der Waals surface area contributed by atoms with E-state index in [2.05, 4.69) is 37.7 Å². The predicted molar refractivity (Wildman–Crippen MR) is 122 cm³/mol. The average molecular weight is 445 g/mol. The molecular formula is C22H23N9O2. The molecule has 4 aromatic rings. The number of carbonyl (C=O) groups excluding carboxylic acids is 1. The first kappa shape index (κ1) is 19.6. The van der Waals surface area contributed by atoms with Gasteiger partial charge in [0, 0.05) is 11.5 Å². The van der Waals surface area contributed by atoms with Gasteiger partial charge in [-0.3, -0.25) is 10.3 Å². The maximum absolute atomic E-state index is 12.5. The van der Waals surface area contributed by atoms with Gasteiger partial charge < -0.3 is 15.6 Å².